The van der Waals surface area contributed by atoms with Crippen LogP contribution >= 0.6 is 11.8 Å². The van der Waals surface area contributed by atoms with Crippen molar-refractivity contribution in [2.24, 2.45) is 0 Å². The summed E-state index contributed by atoms with van der Waals surface area (Å²) in [5, 5.41) is -0.470. The summed E-state index contributed by atoms with van der Waals surface area (Å²) in [6.45, 7) is 3.63. The van der Waals surface area contributed by atoms with Crippen molar-refractivity contribution in [3.05, 3.63) is 35.9 Å². The van der Waals surface area contributed by atoms with Gasteiger partial charge in [-0.15, -0.1) is 11.8 Å². The average molecular weight is 426 g/mol. The minimum atomic E-state index is -0.949. The molecule has 1 aromatic rings. The van der Waals surface area contributed by atoms with Gasteiger partial charge in [0.25, 0.3) is 0 Å². The number of rotatable bonds is 8. The lowest BCUT2D eigenvalue weighted by molar-refractivity contribution is -0.256. The van der Waals surface area contributed by atoms with Gasteiger partial charge in [0.1, 0.15) is 12.7 Å². The Morgan fingerprint density at radius 2 is 1.59 bits per heavy atom. The Bertz CT molecular complexity index is 695. The van der Waals surface area contributed by atoms with E-state index in [4.69, 9.17) is 23.7 Å². The third-order valence-electron chi connectivity index (χ3n) is 4.16. The zero-order chi connectivity index (χ0) is 21.4. The number of thioether (sulfide) groups is 1. The quantitative estimate of drug-likeness (QED) is 0.457. The summed E-state index contributed by atoms with van der Waals surface area (Å²) in [6.07, 6.45) is -3.40. The maximum atomic E-state index is 11.8. The van der Waals surface area contributed by atoms with Crippen LogP contribution in [-0.4, -0.2) is 61.5 Å². The van der Waals surface area contributed by atoms with Crippen molar-refractivity contribution >= 4 is 29.7 Å². The predicted octanol–water partition coefficient (Wildman–Crippen LogP) is 2.09. The number of carbonyl (C=O) groups excluding carboxylic acids is 3. The first-order valence-corrected chi connectivity index (χ1v) is 10.2. The van der Waals surface area contributed by atoms with Crippen molar-refractivity contribution in [1.29, 1.82) is 0 Å². The van der Waals surface area contributed by atoms with E-state index < -0.39 is 47.8 Å². The van der Waals surface area contributed by atoms with Crippen LogP contribution in [0.5, 0.6) is 0 Å². The topological polar surface area (TPSA) is 97.4 Å². The Morgan fingerprint density at radius 1 is 0.966 bits per heavy atom. The van der Waals surface area contributed by atoms with Crippen molar-refractivity contribution in [1.82, 2.24) is 0 Å². The Morgan fingerprint density at radius 3 is 2.14 bits per heavy atom. The van der Waals surface area contributed by atoms with Crippen LogP contribution in [0, 0.1) is 0 Å². The number of benzene rings is 1. The maximum absolute atomic E-state index is 11.8. The second-order valence-electron chi connectivity index (χ2n) is 6.49. The van der Waals surface area contributed by atoms with E-state index >= 15 is 0 Å². The van der Waals surface area contributed by atoms with Crippen molar-refractivity contribution in [2.45, 2.75) is 56.4 Å². The van der Waals surface area contributed by atoms with E-state index in [1.807, 2.05) is 30.3 Å². The molecular formula is C20H26O8S. The monoisotopic (exact) mass is 426 g/mol. The van der Waals surface area contributed by atoms with Crippen LogP contribution in [-0.2, 0) is 43.8 Å². The molecule has 9 heteroatoms. The fourth-order valence-corrected chi connectivity index (χ4v) is 4.31. The van der Waals surface area contributed by atoms with Crippen LogP contribution in [0.25, 0.3) is 0 Å². The van der Waals surface area contributed by atoms with Gasteiger partial charge in [0, 0.05) is 33.6 Å². The van der Waals surface area contributed by atoms with Gasteiger partial charge in [-0.25, -0.2) is 0 Å². The molecule has 1 heterocycles. The molecule has 160 valence electrons. The van der Waals surface area contributed by atoms with Gasteiger partial charge in [-0.2, -0.15) is 0 Å². The van der Waals surface area contributed by atoms with Crippen molar-refractivity contribution in [2.75, 3.05) is 13.7 Å². The lowest BCUT2D eigenvalue weighted by Gasteiger charge is -2.44. The van der Waals surface area contributed by atoms with Crippen LogP contribution < -0.4 is 0 Å². The third-order valence-corrected chi connectivity index (χ3v) is 5.54. The summed E-state index contributed by atoms with van der Waals surface area (Å²) in [7, 11) is 1.47. The Kier molecular flexibility index (Phi) is 8.94. The Labute approximate surface area is 174 Å². The predicted molar refractivity (Wildman–Crippen MR) is 105 cm³/mol. The van der Waals surface area contributed by atoms with Crippen LogP contribution in [0.15, 0.2) is 30.3 Å². The molecule has 0 bridgehead atoms. The third kappa shape index (κ3) is 7.02. The second-order valence-corrected chi connectivity index (χ2v) is 7.66. The molecule has 1 aliphatic rings. The molecule has 0 spiro atoms. The van der Waals surface area contributed by atoms with Gasteiger partial charge in [0.15, 0.2) is 18.5 Å². The number of ether oxygens (including phenoxy) is 5. The molecule has 0 radical (unpaired) electrons. The minimum Gasteiger partial charge on any atom is -0.463 e. The highest BCUT2D eigenvalue weighted by Gasteiger charge is 2.50. The van der Waals surface area contributed by atoms with E-state index in [1.54, 1.807) is 0 Å². The lowest BCUT2D eigenvalue weighted by atomic mass is 10.0. The molecule has 0 N–H and O–H groups in total. The molecule has 29 heavy (non-hydrogen) atoms. The zero-order valence-electron chi connectivity index (χ0n) is 16.9. The first kappa shape index (κ1) is 23.2. The van der Waals surface area contributed by atoms with Gasteiger partial charge >= 0.3 is 17.9 Å². The molecule has 1 fully saturated rings. The van der Waals surface area contributed by atoms with Crippen LogP contribution in [0.4, 0.5) is 0 Å². The molecule has 0 saturated carbocycles. The summed E-state index contributed by atoms with van der Waals surface area (Å²) in [6, 6.07) is 9.75. The highest BCUT2D eigenvalue weighted by Crippen LogP contribution is 2.36. The highest BCUT2D eigenvalue weighted by atomic mass is 32.2. The van der Waals surface area contributed by atoms with E-state index in [-0.39, 0.29) is 6.61 Å². The molecular weight excluding hydrogens is 400 g/mol. The van der Waals surface area contributed by atoms with Gasteiger partial charge in [0.2, 0.25) is 0 Å². The van der Waals surface area contributed by atoms with Gasteiger partial charge in [-0.3, -0.25) is 14.4 Å². The molecule has 0 aliphatic carbocycles. The SMILES string of the molecule is CO[C@@H]1OC(COC(C)=O)[C@@H](OC(C)=O)C(OC(C)=O)C1SCc1ccccc1. The summed E-state index contributed by atoms with van der Waals surface area (Å²) >= 11 is 1.46. The van der Waals surface area contributed by atoms with Crippen LogP contribution in [0.1, 0.15) is 26.3 Å². The van der Waals surface area contributed by atoms with Crippen molar-refractivity contribution in [3.63, 3.8) is 0 Å². The minimum absolute atomic E-state index is 0.166. The molecule has 1 saturated heterocycles. The fourth-order valence-electron chi connectivity index (χ4n) is 3.00. The largest absolute Gasteiger partial charge is 0.463 e. The number of carbonyl (C=O) groups is 3. The summed E-state index contributed by atoms with van der Waals surface area (Å²) in [5.74, 6) is -0.992. The van der Waals surface area contributed by atoms with Gasteiger partial charge in [-0.1, -0.05) is 30.3 Å². The van der Waals surface area contributed by atoms with E-state index in [9.17, 15) is 14.4 Å². The standard InChI is InChI=1S/C20H26O8S/c1-12(21)25-10-16-17(26-13(2)22)18(27-14(3)23)19(20(24-4)28-16)29-11-15-8-6-5-7-9-15/h5-9,16-20H,10-11H2,1-4H3/t16?,17-,18?,19?,20-/m1/s1. The summed E-state index contributed by atoms with van der Waals surface area (Å²) < 4.78 is 27.4. The van der Waals surface area contributed by atoms with Crippen molar-refractivity contribution in [3.8, 4) is 0 Å². The normalized spacial score (nSPS) is 26.4. The molecule has 3 unspecified atom stereocenters. The van der Waals surface area contributed by atoms with Crippen LogP contribution in [0.2, 0.25) is 0 Å². The van der Waals surface area contributed by atoms with E-state index in [0.717, 1.165) is 5.56 Å². The molecule has 8 nitrogen and oxygen atoms in total. The Hall–Kier alpha value is -2.10. The van der Waals surface area contributed by atoms with Gasteiger partial charge < -0.3 is 23.7 Å². The molecule has 0 aromatic heterocycles. The summed E-state index contributed by atoms with van der Waals surface area (Å²) in [4.78, 5) is 34.7. The zero-order valence-corrected chi connectivity index (χ0v) is 17.7. The fraction of sp³-hybridized carbons (Fsp3) is 0.550. The number of hydrogen-bond donors (Lipinski definition) is 0. The lowest BCUT2D eigenvalue weighted by Crippen LogP contribution is -2.60. The van der Waals surface area contributed by atoms with E-state index in [2.05, 4.69) is 0 Å². The molecule has 1 aromatic carbocycles. The van der Waals surface area contributed by atoms with E-state index in [1.165, 1.54) is 39.6 Å². The molecule has 0 amide bonds. The number of esters is 3. The Balaban J connectivity index is 2.28. The van der Waals surface area contributed by atoms with Gasteiger partial charge in [-0.05, 0) is 5.56 Å². The molecule has 2 rings (SSSR count). The first-order valence-electron chi connectivity index (χ1n) is 9.13. The summed E-state index contributed by atoms with van der Waals surface area (Å²) in [5.41, 5.74) is 1.07. The molecule has 1 aliphatic heterocycles. The first-order chi connectivity index (χ1) is 13.8. The van der Waals surface area contributed by atoms with Gasteiger partial charge in [0.05, 0.1) is 5.25 Å². The average Bonchev–Trinajstić information content (AvgIpc) is 2.67. The smallest absolute Gasteiger partial charge is 0.303 e. The van der Waals surface area contributed by atoms with Crippen LogP contribution in [0.3, 0.4) is 0 Å². The number of methoxy groups -OCH3 is 1. The van der Waals surface area contributed by atoms with E-state index in [0.29, 0.717) is 5.75 Å². The number of hydrogen-bond acceptors (Lipinski definition) is 9. The van der Waals surface area contributed by atoms with Crippen molar-refractivity contribution < 1.29 is 38.1 Å². The second kappa shape index (κ2) is 11.2. The molecule has 5 atom stereocenters. The maximum Gasteiger partial charge on any atom is 0.303 e. The highest BCUT2D eigenvalue weighted by molar-refractivity contribution is 7.99.